The molecule has 1 aromatic carbocycles. The number of rotatable bonds is 7. The zero-order valence-electron chi connectivity index (χ0n) is 12.8. The van der Waals surface area contributed by atoms with Gasteiger partial charge in [-0.2, -0.15) is 0 Å². The Hall–Kier alpha value is -1.28. The summed E-state index contributed by atoms with van der Waals surface area (Å²) in [7, 11) is 1.73. The van der Waals surface area contributed by atoms with Crippen LogP contribution in [0.4, 0.5) is 0 Å². The van der Waals surface area contributed by atoms with Gasteiger partial charge in [-0.3, -0.25) is 0 Å². The zero-order chi connectivity index (χ0) is 14.2. The maximum Gasteiger partial charge on any atom is 0.119 e. The molecule has 110 valence electrons. The molecule has 1 aromatic rings. The van der Waals surface area contributed by atoms with Crippen LogP contribution in [0, 0.1) is 0 Å². The van der Waals surface area contributed by atoms with Crippen molar-refractivity contribution in [3.8, 4) is 5.75 Å². The van der Waals surface area contributed by atoms with E-state index < -0.39 is 0 Å². The second kappa shape index (κ2) is 8.11. The van der Waals surface area contributed by atoms with Gasteiger partial charge in [0.05, 0.1) is 7.11 Å². The molecule has 0 radical (unpaired) electrons. The molecule has 0 aliphatic heterocycles. The normalized spacial score (nSPS) is 16.6. The van der Waals surface area contributed by atoms with Gasteiger partial charge in [-0.05, 0) is 62.8 Å². The summed E-state index contributed by atoms with van der Waals surface area (Å²) in [5, 5.41) is 3.69. The predicted molar refractivity (Wildman–Crippen MR) is 85.2 cm³/mol. The highest BCUT2D eigenvalue weighted by molar-refractivity contribution is 5.31. The summed E-state index contributed by atoms with van der Waals surface area (Å²) >= 11 is 0. The van der Waals surface area contributed by atoms with E-state index in [1.807, 2.05) is 6.07 Å². The van der Waals surface area contributed by atoms with Crippen molar-refractivity contribution in [1.29, 1.82) is 0 Å². The quantitative estimate of drug-likeness (QED) is 0.732. The monoisotopic (exact) mass is 273 g/mol. The molecule has 0 bridgehead atoms. The largest absolute Gasteiger partial charge is 0.497 e. The summed E-state index contributed by atoms with van der Waals surface area (Å²) in [6, 6.07) is 8.88. The van der Waals surface area contributed by atoms with Crippen molar-refractivity contribution >= 4 is 0 Å². The van der Waals surface area contributed by atoms with E-state index in [9.17, 15) is 0 Å². The van der Waals surface area contributed by atoms with Gasteiger partial charge < -0.3 is 10.1 Å². The lowest BCUT2D eigenvalue weighted by molar-refractivity contribution is 0.412. The van der Waals surface area contributed by atoms with Gasteiger partial charge in [0.1, 0.15) is 5.75 Å². The van der Waals surface area contributed by atoms with Crippen LogP contribution in [0.3, 0.4) is 0 Å². The third-order valence-electron chi connectivity index (χ3n) is 3.99. The summed E-state index contributed by atoms with van der Waals surface area (Å²) in [4.78, 5) is 0. The van der Waals surface area contributed by atoms with Crippen LogP contribution in [0.2, 0.25) is 0 Å². The highest BCUT2D eigenvalue weighted by Crippen LogP contribution is 2.29. The van der Waals surface area contributed by atoms with Gasteiger partial charge in [0.15, 0.2) is 0 Å². The van der Waals surface area contributed by atoms with E-state index in [1.165, 1.54) is 37.7 Å². The molecule has 20 heavy (non-hydrogen) atoms. The molecule has 0 spiro atoms. The Morgan fingerprint density at radius 1 is 1.30 bits per heavy atom. The van der Waals surface area contributed by atoms with Crippen LogP contribution in [-0.2, 0) is 0 Å². The number of ether oxygens (including phenoxy) is 1. The minimum atomic E-state index is 0.411. The maximum absolute atomic E-state index is 5.36. The third-order valence-corrected chi connectivity index (χ3v) is 3.99. The van der Waals surface area contributed by atoms with Crippen LogP contribution in [0.15, 0.2) is 35.9 Å². The maximum atomic E-state index is 5.36. The fourth-order valence-electron chi connectivity index (χ4n) is 2.84. The van der Waals surface area contributed by atoms with Crippen molar-refractivity contribution in [3.63, 3.8) is 0 Å². The van der Waals surface area contributed by atoms with E-state index >= 15 is 0 Å². The van der Waals surface area contributed by atoms with Gasteiger partial charge in [0.25, 0.3) is 0 Å². The first-order chi connectivity index (χ1) is 9.83. The molecule has 2 nitrogen and oxygen atoms in total. The van der Waals surface area contributed by atoms with E-state index in [0.29, 0.717) is 6.04 Å². The molecular weight excluding hydrogens is 246 g/mol. The average Bonchev–Trinajstić information content (AvgIpc) is 2.52. The molecule has 1 atom stereocenters. The van der Waals surface area contributed by atoms with Crippen LogP contribution in [-0.4, -0.2) is 13.7 Å². The second-order valence-electron chi connectivity index (χ2n) is 5.60. The number of nitrogens with one attached hydrogen (secondary N) is 1. The lowest BCUT2D eigenvalue weighted by Crippen LogP contribution is -2.23. The molecule has 1 unspecified atom stereocenters. The number of benzene rings is 1. The van der Waals surface area contributed by atoms with E-state index in [-0.39, 0.29) is 0 Å². The summed E-state index contributed by atoms with van der Waals surface area (Å²) in [5.74, 6) is 0.948. The number of hydrogen-bond donors (Lipinski definition) is 1. The Balaban J connectivity index is 2.10. The molecule has 0 saturated heterocycles. The number of methoxy groups -OCH3 is 1. The molecular formula is C18H27NO. The first-order valence-corrected chi connectivity index (χ1v) is 7.88. The fourth-order valence-corrected chi connectivity index (χ4v) is 2.84. The van der Waals surface area contributed by atoms with Crippen molar-refractivity contribution in [2.45, 2.75) is 51.5 Å². The molecule has 0 amide bonds. The number of hydrogen-bond acceptors (Lipinski definition) is 2. The molecule has 1 aliphatic carbocycles. The Morgan fingerprint density at radius 2 is 2.20 bits per heavy atom. The predicted octanol–water partition coefficient (Wildman–Crippen LogP) is 4.63. The second-order valence-corrected chi connectivity index (χ2v) is 5.60. The van der Waals surface area contributed by atoms with Crippen LogP contribution in [0.5, 0.6) is 5.75 Å². The fraction of sp³-hybridized carbons (Fsp3) is 0.556. The summed E-state index contributed by atoms with van der Waals surface area (Å²) < 4.78 is 5.36. The summed E-state index contributed by atoms with van der Waals surface area (Å²) in [6.07, 6.45) is 9.99. The SMILES string of the molecule is CCCNC(CC1=CCCCC1)c1cccc(OC)c1. The molecule has 2 rings (SSSR count). The molecule has 1 aliphatic rings. The van der Waals surface area contributed by atoms with Gasteiger partial charge >= 0.3 is 0 Å². The van der Waals surface area contributed by atoms with Crippen molar-refractivity contribution < 1.29 is 4.74 Å². The first kappa shape index (κ1) is 15.1. The van der Waals surface area contributed by atoms with Gasteiger partial charge in [-0.1, -0.05) is 30.7 Å². The minimum Gasteiger partial charge on any atom is -0.497 e. The van der Waals surface area contributed by atoms with Gasteiger partial charge in [-0.15, -0.1) is 0 Å². The minimum absolute atomic E-state index is 0.411. The molecule has 1 N–H and O–H groups in total. The lowest BCUT2D eigenvalue weighted by Gasteiger charge is -2.23. The van der Waals surface area contributed by atoms with Gasteiger partial charge in [0.2, 0.25) is 0 Å². The van der Waals surface area contributed by atoms with E-state index in [0.717, 1.165) is 18.7 Å². The molecule has 0 aromatic heterocycles. The van der Waals surface area contributed by atoms with Crippen molar-refractivity contribution in [2.24, 2.45) is 0 Å². The summed E-state index contributed by atoms with van der Waals surface area (Å²) in [6.45, 7) is 3.28. The van der Waals surface area contributed by atoms with E-state index in [1.54, 1.807) is 12.7 Å². The molecule has 0 heterocycles. The molecule has 2 heteroatoms. The lowest BCUT2D eigenvalue weighted by atomic mass is 9.91. The topological polar surface area (TPSA) is 21.3 Å². The van der Waals surface area contributed by atoms with Crippen molar-refractivity contribution in [3.05, 3.63) is 41.5 Å². The smallest absolute Gasteiger partial charge is 0.119 e. The van der Waals surface area contributed by atoms with Crippen LogP contribution < -0.4 is 10.1 Å². The van der Waals surface area contributed by atoms with Crippen molar-refractivity contribution in [1.82, 2.24) is 5.32 Å². The highest BCUT2D eigenvalue weighted by atomic mass is 16.5. The standard InChI is InChI=1S/C18H27NO/c1-3-12-19-18(13-15-8-5-4-6-9-15)16-10-7-11-17(14-16)20-2/h7-8,10-11,14,18-19H,3-6,9,12-13H2,1-2H3. The Bertz CT molecular complexity index is 439. The van der Waals surface area contributed by atoms with E-state index in [2.05, 4.69) is 36.5 Å². The average molecular weight is 273 g/mol. The van der Waals surface area contributed by atoms with Crippen LogP contribution >= 0.6 is 0 Å². The first-order valence-electron chi connectivity index (χ1n) is 7.88. The Kier molecular flexibility index (Phi) is 6.13. The summed E-state index contributed by atoms with van der Waals surface area (Å²) in [5.41, 5.74) is 2.96. The Labute approximate surface area is 123 Å². The Morgan fingerprint density at radius 3 is 2.90 bits per heavy atom. The van der Waals surface area contributed by atoms with Gasteiger partial charge in [-0.25, -0.2) is 0 Å². The highest BCUT2D eigenvalue weighted by Gasteiger charge is 2.15. The van der Waals surface area contributed by atoms with Crippen molar-refractivity contribution in [2.75, 3.05) is 13.7 Å². The number of allylic oxidation sites excluding steroid dienone is 1. The van der Waals surface area contributed by atoms with Crippen LogP contribution in [0.1, 0.15) is 57.1 Å². The molecule has 0 fully saturated rings. The van der Waals surface area contributed by atoms with Crippen LogP contribution in [0.25, 0.3) is 0 Å². The molecule has 0 saturated carbocycles. The zero-order valence-corrected chi connectivity index (χ0v) is 12.8. The third kappa shape index (κ3) is 4.38. The van der Waals surface area contributed by atoms with E-state index in [4.69, 9.17) is 4.74 Å². The van der Waals surface area contributed by atoms with Gasteiger partial charge in [0, 0.05) is 6.04 Å².